The first kappa shape index (κ1) is 42.5. The maximum absolute atomic E-state index is 4.90. The summed E-state index contributed by atoms with van der Waals surface area (Å²) < 4.78 is 0. The average molecular weight is 918 g/mol. The minimum atomic E-state index is 0.969. The maximum atomic E-state index is 4.90. The first-order valence-corrected chi connectivity index (χ1v) is 24.6. The van der Waals surface area contributed by atoms with Crippen molar-refractivity contribution in [3.8, 4) is 44.6 Å². The van der Waals surface area contributed by atoms with Crippen LogP contribution in [0.15, 0.2) is 285 Å². The Bertz CT molecular complexity index is 3910. The Hall–Kier alpha value is -9.57. The van der Waals surface area contributed by atoms with Gasteiger partial charge in [-0.05, 0) is 167 Å². The van der Waals surface area contributed by atoms with Crippen LogP contribution < -0.4 is 9.80 Å². The number of nitrogens with zero attached hydrogens (tertiary/aromatic N) is 3. The first-order chi connectivity index (χ1) is 35.8. The Balaban J connectivity index is 1.05. The van der Waals surface area contributed by atoms with Crippen LogP contribution >= 0.6 is 0 Å². The van der Waals surface area contributed by atoms with E-state index < -0.39 is 0 Å². The van der Waals surface area contributed by atoms with Crippen molar-refractivity contribution in [1.82, 2.24) is 4.98 Å². The number of hydrogen-bond donors (Lipinski definition) is 0. The maximum Gasteiger partial charge on any atom is 0.0714 e. The number of aromatic nitrogens is 1. The van der Waals surface area contributed by atoms with Gasteiger partial charge in [0.05, 0.1) is 5.69 Å². The highest BCUT2D eigenvalue weighted by atomic mass is 15.1. The van der Waals surface area contributed by atoms with Gasteiger partial charge in [0.2, 0.25) is 0 Å². The van der Waals surface area contributed by atoms with Crippen LogP contribution in [-0.4, -0.2) is 4.98 Å². The molecule has 3 nitrogen and oxygen atoms in total. The van der Waals surface area contributed by atoms with Crippen LogP contribution in [0.3, 0.4) is 0 Å². The summed E-state index contributed by atoms with van der Waals surface area (Å²) in [6, 6.07) is 101. The predicted molar refractivity (Wildman–Crippen MR) is 305 cm³/mol. The molecule has 72 heavy (non-hydrogen) atoms. The number of hydrogen-bond acceptors (Lipinski definition) is 3. The van der Waals surface area contributed by atoms with Gasteiger partial charge in [0.25, 0.3) is 0 Å². The van der Waals surface area contributed by atoms with Crippen LogP contribution in [0.4, 0.5) is 34.1 Å². The minimum Gasteiger partial charge on any atom is -0.311 e. The van der Waals surface area contributed by atoms with E-state index in [4.69, 9.17) is 4.98 Å². The zero-order chi connectivity index (χ0) is 47.8. The summed E-state index contributed by atoms with van der Waals surface area (Å²) in [6.07, 6.45) is 1.89. The molecule has 0 bridgehead atoms. The molecular formula is C69H47N3. The second kappa shape index (κ2) is 18.4. The van der Waals surface area contributed by atoms with Gasteiger partial charge in [-0.2, -0.15) is 0 Å². The van der Waals surface area contributed by atoms with Crippen molar-refractivity contribution in [3.63, 3.8) is 0 Å². The van der Waals surface area contributed by atoms with E-state index in [1.165, 1.54) is 59.8 Å². The third kappa shape index (κ3) is 7.52. The van der Waals surface area contributed by atoms with Crippen LogP contribution in [-0.2, 0) is 0 Å². The van der Waals surface area contributed by atoms with E-state index in [0.29, 0.717) is 0 Å². The van der Waals surface area contributed by atoms with Gasteiger partial charge in [0.15, 0.2) is 0 Å². The van der Waals surface area contributed by atoms with Crippen molar-refractivity contribution in [1.29, 1.82) is 0 Å². The van der Waals surface area contributed by atoms with E-state index in [1.807, 2.05) is 12.3 Å². The number of rotatable bonds is 10. The molecule has 13 rings (SSSR count). The summed E-state index contributed by atoms with van der Waals surface area (Å²) in [6.45, 7) is 0. The molecule has 1 heterocycles. The van der Waals surface area contributed by atoms with Crippen molar-refractivity contribution < 1.29 is 0 Å². The Labute approximate surface area is 419 Å². The smallest absolute Gasteiger partial charge is 0.0714 e. The van der Waals surface area contributed by atoms with Gasteiger partial charge < -0.3 is 9.80 Å². The molecule has 13 aromatic rings. The molecule has 0 atom stereocenters. The summed E-state index contributed by atoms with van der Waals surface area (Å²) in [5.74, 6) is 0. The summed E-state index contributed by atoms with van der Waals surface area (Å²) >= 11 is 0. The summed E-state index contributed by atoms with van der Waals surface area (Å²) in [5.41, 5.74) is 15.9. The lowest BCUT2D eigenvalue weighted by Crippen LogP contribution is -2.09. The molecule has 338 valence electrons. The molecule has 0 aliphatic heterocycles. The van der Waals surface area contributed by atoms with Gasteiger partial charge in [-0.3, -0.25) is 4.98 Å². The van der Waals surface area contributed by atoms with E-state index >= 15 is 0 Å². The second-order valence-electron chi connectivity index (χ2n) is 18.2. The number of pyridine rings is 1. The van der Waals surface area contributed by atoms with Crippen LogP contribution in [0.25, 0.3) is 87.7 Å². The fraction of sp³-hybridized carbons (Fsp3) is 0. The van der Waals surface area contributed by atoms with Gasteiger partial charge in [-0.15, -0.1) is 0 Å². The molecule has 0 aliphatic carbocycles. The topological polar surface area (TPSA) is 19.4 Å². The van der Waals surface area contributed by atoms with Crippen LogP contribution in [0, 0.1) is 0 Å². The molecule has 1 aromatic heterocycles. The predicted octanol–water partition coefficient (Wildman–Crippen LogP) is 19.3. The quantitative estimate of drug-likeness (QED) is 0.127. The SMILES string of the molecule is c1ccc(N(c2ccccc2)c2ccc(-c3c4ccccc4c(-c4ccc(N(c5ccccc5)c5ccccc5)cc4)c4cc(-c5c6ccccc6c(-c6ccccn6)c6ccccc56)ccc34)cc2)cc1. The lowest BCUT2D eigenvalue weighted by molar-refractivity contribution is 1.28. The van der Waals surface area contributed by atoms with Crippen LogP contribution in [0.5, 0.6) is 0 Å². The molecule has 0 saturated carbocycles. The highest BCUT2D eigenvalue weighted by Gasteiger charge is 2.22. The fourth-order valence-corrected chi connectivity index (χ4v) is 10.9. The van der Waals surface area contributed by atoms with Gasteiger partial charge in [0, 0.05) is 45.9 Å². The second-order valence-corrected chi connectivity index (χ2v) is 18.2. The zero-order valence-electron chi connectivity index (χ0n) is 39.5. The molecule has 0 fully saturated rings. The van der Waals surface area contributed by atoms with Gasteiger partial charge in [-0.1, -0.05) is 188 Å². The van der Waals surface area contributed by atoms with Gasteiger partial charge in [0.1, 0.15) is 0 Å². The lowest BCUT2D eigenvalue weighted by atomic mass is 9.83. The van der Waals surface area contributed by atoms with E-state index in [2.05, 4.69) is 283 Å². The number of anilines is 6. The molecule has 0 amide bonds. The highest BCUT2D eigenvalue weighted by Crippen LogP contribution is 2.49. The Morgan fingerprint density at radius 3 is 0.875 bits per heavy atom. The van der Waals surface area contributed by atoms with Crippen molar-refractivity contribution in [2.75, 3.05) is 9.80 Å². The van der Waals surface area contributed by atoms with Crippen molar-refractivity contribution in [2.24, 2.45) is 0 Å². The number of para-hydroxylation sites is 4. The average Bonchev–Trinajstić information content (AvgIpc) is 3.46. The largest absolute Gasteiger partial charge is 0.311 e. The normalized spacial score (nSPS) is 11.3. The van der Waals surface area contributed by atoms with E-state index in [9.17, 15) is 0 Å². The molecule has 0 unspecified atom stereocenters. The number of fused-ring (bicyclic) bond motifs is 4. The lowest BCUT2D eigenvalue weighted by Gasteiger charge is -2.26. The summed E-state index contributed by atoms with van der Waals surface area (Å²) in [5, 5.41) is 9.55. The summed E-state index contributed by atoms with van der Waals surface area (Å²) in [7, 11) is 0. The van der Waals surface area contributed by atoms with Gasteiger partial charge >= 0.3 is 0 Å². The minimum absolute atomic E-state index is 0.969. The molecule has 12 aromatic carbocycles. The first-order valence-electron chi connectivity index (χ1n) is 24.6. The molecule has 0 N–H and O–H groups in total. The fourth-order valence-electron chi connectivity index (χ4n) is 10.9. The van der Waals surface area contributed by atoms with Gasteiger partial charge in [-0.25, -0.2) is 0 Å². The van der Waals surface area contributed by atoms with Crippen LogP contribution in [0.2, 0.25) is 0 Å². The zero-order valence-corrected chi connectivity index (χ0v) is 39.5. The molecular weight excluding hydrogens is 871 g/mol. The monoisotopic (exact) mass is 917 g/mol. The van der Waals surface area contributed by atoms with Crippen molar-refractivity contribution >= 4 is 77.2 Å². The molecule has 3 heteroatoms. The van der Waals surface area contributed by atoms with E-state index in [-0.39, 0.29) is 0 Å². The Morgan fingerprint density at radius 2 is 0.500 bits per heavy atom. The van der Waals surface area contributed by atoms with E-state index in [1.54, 1.807) is 0 Å². The third-order valence-corrected chi connectivity index (χ3v) is 14.1. The van der Waals surface area contributed by atoms with Crippen LogP contribution in [0.1, 0.15) is 0 Å². The summed E-state index contributed by atoms with van der Waals surface area (Å²) in [4.78, 5) is 9.55. The van der Waals surface area contributed by atoms with Crippen molar-refractivity contribution in [2.45, 2.75) is 0 Å². The molecule has 0 aliphatic rings. The highest BCUT2D eigenvalue weighted by molar-refractivity contribution is 6.25. The molecule has 0 radical (unpaired) electrons. The number of benzene rings is 12. The standard InChI is InChI=1S/C69H47N3/c1-5-21-51(22-6-1)71(52-23-7-2-8-24-52)55-41-36-48(37-42-55)66-57-29-13-14-30-58(57)67(49-38-43-56(44-39-49)72(53-25-9-3-10-26-53)54-27-11-4-12-28-54)64-47-50(40-45-63(64)66)68-59-31-15-17-33-61(59)69(65-35-19-20-46-70-65)62-34-18-16-32-60(62)68/h1-47H. The van der Waals surface area contributed by atoms with Crippen molar-refractivity contribution in [3.05, 3.63) is 285 Å². The molecule has 0 spiro atoms. The van der Waals surface area contributed by atoms with E-state index in [0.717, 1.165) is 62.1 Å². The Morgan fingerprint density at radius 1 is 0.208 bits per heavy atom. The third-order valence-electron chi connectivity index (χ3n) is 14.1. The molecule has 0 saturated heterocycles. The Kier molecular flexibility index (Phi) is 10.9.